The van der Waals surface area contributed by atoms with E-state index >= 15 is 0 Å². The third kappa shape index (κ3) is 4.03. The van der Waals surface area contributed by atoms with Crippen molar-refractivity contribution in [3.05, 3.63) is 80.6 Å². The molecule has 3 aromatic heterocycles. The molecule has 4 nitrogen and oxygen atoms in total. The van der Waals surface area contributed by atoms with Crippen LogP contribution in [0.5, 0.6) is 0 Å². The first-order valence-corrected chi connectivity index (χ1v) is 11.3. The Bertz CT molecular complexity index is 1060. The second-order valence-electron chi connectivity index (χ2n) is 6.74. The summed E-state index contributed by atoms with van der Waals surface area (Å²) in [7, 11) is 2.12. The van der Waals surface area contributed by atoms with Crippen LogP contribution < -0.4 is 0 Å². The summed E-state index contributed by atoms with van der Waals surface area (Å²) in [6, 6.07) is 19.2. The summed E-state index contributed by atoms with van der Waals surface area (Å²) in [6.07, 6.45) is 0. The minimum Gasteiger partial charge on any atom is -0.295 e. The van der Waals surface area contributed by atoms with Gasteiger partial charge in [-0.15, -0.1) is 27.8 Å². The van der Waals surface area contributed by atoms with Crippen LogP contribution in [0.3, 0.4) is 0 Å². The summed E-state index contributed by atoms with van der Waals surface area (Å²) in [5.41, 5.74) is 1.22. The third-order valence-electron chi connectivity index (χ3n) is 4.82. The molecule has 28 heavy (non-hydrogen) atoms. The summed E-state index contributed by atoms with van der Waals surface area (Å²) < 4.78 is 4.83. The summed E-state index contributed by atoms with van der Waals surface area (Å²) in [5.74, 6) is 0.932. The lowest BCUT2D eigenvalue weighted by atomic mass is 10.2. The van der Waals surface area contributed by atoms with Crippen LogP contribution in [0.15, 0.2) is 65.4 Å². The first kappa shape index (κ1) is 19.3. The Balaban J connectivity index is 1.66. The van der Waals surface area contributed by atoms with Gasteiger partial charge in [0.2, 0.25) is 0 Å². The molecule has 0 saturated carbocycles. The van der Waals surface area contributed by atoms with E-state index in [2.05, 4.69) is 82.7 Å². The fourth-order valence-corrected chi connectivity index (χ4v) is 4.92. The van der Waals surface area contributed by atoms with Crippen molar-refractivity contribution in [2.24, 2.45) is 0 Å². The highest BCUT2D eigenvalue weighted by Crippen LogP contribution is 2.26. The first-order chi connectivity index (χ1) is 13.6. The van der Waals surface area contributed by atoms with E-state index in [-0.39, 0.29) is 0 Å². The number of rotatable bonds is 7. The largest absolute Gasteiger partial charge is 0.295 e. The molecule has 0 radical (unpaired) electrons. The molecular weight excluding hydrogens is 404 g/mol. The second kappa shape index (κ2) is 8.53. The van der Waals surface area contributed by atoms with Gasteiger partial charge < -0.3 is 0 Å². The first-order valence-electron chi connectivity index (χ1n) is 9.12. The zero-order chi connectivity index (χ0) is 19.5. The summed E-state index contributed by atoms with van der Waals surface area (Å²) >= 11 is 9.31. The minimum absolute atomic E-state index is 0.311. The summed E-state index contributed by atoms with van der Waals surface area (Å²) in [4.78, 5) is 4.76. The quantitative estimate of drug-likeness (QED) is 0.344. The van der Waals surface area contributed by atoms with Crippen LogP contribution in [0.2, 0.25) is 0 Å². The Morgan fingerprint density at radius 1 is 1.04 bits per heavy atom. The molecule has 0 aliphatic heterocycles. The highest BCUT2D eigenvalue weighted by atomic mass is 32.1. The molecule has 0 fully saturated rings. The number of aromatic nitrogens is 3. The molecule has 7 heteroatoms. The molecule has 0 N–H and O–H groups in total. The van der Waals surface area contributed by atoms with E-state index in [1.807, 2.05) is 10.7 Å². The second-order valence-corrected chi connectivity index (χ2v) is 9.04. The van der Waals surface area contributed by atoms with E-state index in [0.717, 1.165) is 22.0 Å². The fraction of sp³-hybridized carbons (Fsp3) is 0.238. The Hall–Kier alpha value is -2.06. The van der Waals surface area contributed by atoms with Crippen molar-refractivity contribution in [2.45, 2.75) is 26.2 Å². The molecule has 1 unspecified atom stereocenters. The normalized spacial score (nSPS) is 12.5. The molecule has 0 spiro atoms. The van der Waals surface area contributed by atoms with E-state index in [4.69, 9.17) is 17.3 Å². The maximum Gasteiger partial charge on any atom is 0.199 e. The number of hydrogen-bond acceptors (Lipinski definition) is 5. The molecule has 0 amide bonds. The van der Waals surface area contributed by atoms with Crippen LogP contribution in [-0.4, -0.2) is 26.3 Å². The van der Waals surface area contributed by atoms with Crippen molar-refractivity contribution in [3.63, 3.8) is 0 Å². The van der Waals surface area contributed by atoms with Crippen molar-refractivity contribution in [1.82, 2.24) is 19.2 Å². The Morgan fingerprint density at radius 3 is 2.46 bits per heavy atom. The van der Waals surface area contributed by atoms with E-state index in [0.29, 0.717) is 12.7 Å². The van der Waals surface area contributed by atoms with Gasteiger partial charge in [0.05, 0.1) is 18.1 Å². The SMILES string of the molecule is CC(c1cccs1)N(C)Cn1nc(-c2cccs2)n(Cc2ccccc2)c1=S. The van der Waals surface area contributed by atoms with Crippen molar-refractivity contribution >= 4 is 34.9 Å². The van der Waals surface area contributed by atoms with Gasteiger partial charge in [0, 0.05) is 10.9 Å². The molecular formula is C21H22N4S3. The fourth-order valence-electron chi connectivity index (χ4n) is 3.11. The van der Waals surface area contributed by atoms with Crippen LogP contribution in [-0.2, 0) is 13.2 Å². The Labute approximate surface area is 178 Å². The van der Waals surface area contributed by atoms with Crippen LogP contribution >= 0.6 is 34.9 Å². The zero-order valence-electron chi connectivity index (χ0n) is 15.9. The number of hydrogen-bond donors (Lipinski definition) is 0. The standard InChI is InChI=1S/C21H22N4S3/c1-16(18-10-6-12-27-18)23(2)15-25-21(26)24(14-17-8-4-3-5-9-17)20(22-25)19-11-7-13-28-19/h3-13,16H,14-15H2,1-2H3. The van der Waals surface area contributed by atoms with Gasteiger partial charge >= 0.3 is 0 Å². The average molecular weight is 427 g/mol. The van der Waals surface area contributed by atoms with E-state index in [1.165, 1.54) is 10.4 Å². The number of nitrogens with zero attached hydrogens (tertiary/aromatic N) is 4. The topological polar surface area (TPSA) is 26.0 Å². The molecule has 0 aliphatic carbocycles. The molecule has 1 aromatic carbocycles. The molecule has 144 valence electrons. The third-order valence-corrected chi connectivity index (χ3v) is 7.16. The van der Waals surface area contributed by atoms with Crippen molar-refractivity contribution in [2.75, 3.05) is 7.05 Å². The van der Waals surface area contributed by atoms with Gasteiger partial charge in [0.1, 0.15) is 0 Å². The van der Waals surface area contributed by atoms with E-state index in [9.17, 15) is 0 Å². The van der Waals surface area contributed by atoms with E-state index in [1.54, 1.807) is 22.7 Å². The Morgan fingerprint density at radius 2 is 1.79 bits per heavy atom. The van der Waals surface area contributed by atoms with E-state index < -0.39 is 0 Å². The lowest BCUT2D eigenvalue weighted by molar-refractivity contribution is 0.197. The average Bonchev–Trinajstić information content (AvgIpc) is 3.46. The maximum atomic E-state index is 5.83. The number of benzene rings is 1. The molecule has 4 aromatic rings. The van der Waals surface area contributed by atoms with Gasteiger partial charge in [-0.05, 0) is 54.6 Å². The molecule has 0 aliphatic rings. The summed E-state index contributed by atoms with van der Waals surface area (Å²) in [6.45, 7) is 3.59. The van der Waals surface area contributed by atoms with Gasteiger partial charge in [-0.2, -0.15) is 0 Å². The predicted octanol–water partition coefficient (Wildman–Crippen LogP) is 5.90. The van der Waals surface area contributed by atoms with Crippen molar-refractivity contribution < 1.29 is 0 Å². The van der Waals surface area contributed by atoms with Crippen molar-refractivity contribution in [3.8, 4) is 10.7 Å². The maximum absolute atomic E-state index is 5.83. The zero-order valence-corrected chi connectivity index (χ0v) is 18.3. The van der Waals surface area contributed by atoms with Gasteiger partial charge in [0.25, 0.3) is 0 Å². The van der Waals surface area contributed by atoms with Crippen LogP contribution in [0.4, 0.5) is 0 Å². The highest BCUT2D eigenvalue weighted by Gasteiger charge is 2.18. The molecule has 4 rings (SSSR count). The van der Waals surface area contributed by atoms with Crippen LogP contribution in [0, 0.1) is 4.77 Å². The number of thiophene rings is 2. The molecule has 1 atom stereocenters. The molecule has 3 heterocycles. The summed E-state index contributed by atoms with van der Waals surface area (Å²) in [5, 5.41) is 9.10. The van der Waals surface area contributed by atoms with Gasteiger partial charge in [0.15, 0.2) is 10.6 Å². The molecule has 0 bridgehead atoms. The lowest BCUT2D eigenvalue weighted by Crippen LogP contribution is -2.25. The molecule has 0 saturated heterocycles. The van der Waals surface area contributed by atoms with Gasteiger partial charge in [-0.1, -0.05) is 42.5 Å². The van der Waals surface area contributed by atoms with Crippen LogP contribution in [0.25, 0.3) is 10.7 Å². The van der Waals surface area contributed by atoms with Crippen molar-refractivity contribution in [1.29, 1.82) is 0 Å². The highest BCUT2D eigenvalue weighted by molar-refractivity contribution is 7.71. The van der Waals surface area contributed by atoms with Gasteiger partial charge in [-0.3, -0.25) is 9.47 Å². The van der Waals surface area contributed by atoms with Crippen LogP contribution in [0.1, 0.15) is 23.4 Å². The smallest absolute Gasteiger partial charge is 0.199 e. The van der Waals surface area contributed by atoms with Gasteiger partial charge in [-0.25, -0.2) is 4.68 Å². The lowest BCUT2D eigenvalue weighted by Gasteiger charge is -2.23. The monoisotopic (exact) mass is 426 g/mol. The minimum atomic E-state index is 0.311. The Kier molecular flexibility index (Phi) is 5.87. The predicted molar refractivity (Wildman–Crippen MR) is 120 cm³/mol.